The molecule has 1 amide bonds. The van der Waals surface area contributed by atoms with Crippen LogP contribution < -0.4 is 5.32 Å². The van der Waals surface area contributed by atoms with E-state index in [9.17, 15) is 4.79 Å². The number of carbonyl (C=O) groups is 1. The quantitative estimate of drug-likeness (QED) is 0.780. The van der Waals surface area contributed by atoms with Crippen LogP contribution in [0.2, 0.25) is 0 Å². The van der Waals surface area contributed by atoms with Crippen molar-refractivity contribution in [2.45, 2.75) is 64.2 Å². The maximum atomic E-state index is 12.2. The third-order valence-corrected chi connectivity index (χ3v) is 6.00. The molecule has 2 aliphatic carbocycles. The first kappa shape index (κ1) is 14.4. The molecular formula is C15H26BrNO. The van der Waals surface area contributed by atoms with Crippen LogP contribution in [-0.2, 0) is 4.79 Å². The Kier molecular flexibility index (Phi) is 5.53. The predicted octanol–water partition coefficient (Wildman–Crippen LogP) is 4.03. The molecule has 2 rings (SSSR count). The summed E-state index contributed by atoms with van der Waals surface area (Å²) in [5.74, 6) is 0.621. The van der Waals surface area contributed by atoms with Gasteiger partial charge in [0.15, 0.2) is 0 Å². The minimum atomic E-state index is 0.301. The van der Waals surface area contributed by atoms with Gasteiger partial charge in [0.2, 0.25) is 5.91 Å². The van der Waals surface area contributed by atoms with Gasteiger partial charge in [-0.1, -0.05) is 54.5 Å². The van der Waals surface area contributed by atoms with Crippen LogP contribution in [0.1, 0.15) is 64.2 Å². The standard InChI is InChI=1S/C15H26BrNO/c16-11-15(9-5-2-6-10-15)12-17-14(18)13-7-3-1-4-8-13/h13H,1-12H2,(H,17,18). The zero-order chi connectivity index (χ0) is 12.8. The van der Waals surface area contributed by atoms with Crippen LogP contribution in [0.5, 0.6) is 0 Å². The number of rotatable bonds is 4. The highest BCUT2D eigenvalue weighted by atomic mass is 79.9. The Balaban J connectivity index is 1.79. The Morgan fingerprint density at radius 1 is 1.06 bits per heavy atom. The van der Waals surface area contributed by atoms with Crippen molar-refractivity contribution < 1.29 is 4.79 Å². The van der Waals surface area contributed by atoms with Gasteiger partial charge in [-0.2, -0.15) is 0 Å². The number of alkyl halides is 1. The summed E-state index contributed by atoms with van der Waals surface area (Å²) in [6.45, 7) is 0.883. The molecule has 1 N–H and O–H groups in total. The molecule has 0 spiro atoms. The summed E-state index contributed by atoms with van der Waals surface area (Å²) in [6, 6.07) is 0. The van der Waals surface area contributed by atoms with Crippen molar-refractivity contribution in [3.63, 3.8) is 0 Å². The molecule has 0 bridgehead atoms. The van der Waals surface area contributed by atoms with Crippen molar-refractivity contribution >= 4 is 21.8 Å². The number of halogens is 1. The SMILES string of the molecule is O=C(NCC1(CBr)CCCCC1)C1CCCCC1. The molecule has 3 heteroatoms. The van der Waals surface area contributed by atoms with Crippen molar-refractivity contribution in [2.75, 3.05) is 11.9 Å². The van der Waals surface area contributed by atoms with Crippen molar-refractivity contribution in [3.8, 4) is 0 Å². The van der Waals surface area contributed by atoms with Gasteiger partial charge in [-0.15, -0.1) is 0 Å². The monoisotopic (exact) mass is 315 g/mol. The lowest BCUT2D eigenvalue weighted by molar-refractivity contribution is -0.126. The molecule has 0 aromatic rings. The van der Waals surface area contributed by atoms with Gasteiger partial charge in [0.1, 0.15) is 0 Å². The zero-order valence-electron chi connectivity index (χ0n) is 11.3. The van der Waals surface area contributed by atoms with Gasteiger partial charge in [-0.3, -0.25) is 4.79 Å². The number of hydrogen-bond acceptors (Lipinski definition) is 1. The van der Waals surface area contributed by atoms with Crippen LogP contribution in [-0.4, -0.2) is 17.8 Å². The van der Waals surface area contributed by atoms with E-state index in [1.54, 1.807) is 0 Å². The lowest BCUT2D eigenvalue weighted by Crippen LogP contribution is -2.42. The summed E-state index contributed by atoms with van der Waals surface area (Å²) in [6.07, 6.45) is 12.5. The van der Waals surface area contributed by atoms with E-state index in [1.165, 1.54) is 51.4 Å². The van der Waals surface area contributed by atoms with Gasteiger partial charge >= 0.3 is 0 Å². The van der Waals surface area contributed by atoms with Crippen molar-refractivity contribution in [2.24, 2.45) is 11.3 Å². The summed E-state index contributed by atoms with van der Waals surface area (Å²) in [5.41, 5.74) is 0.336. The fourth-order valence-corrected chi connectivity index (χ4v) is 4.20. The van der Waals surface area contributed by atoms with Gasteiger partial charge < -0.3 is 5.32 Å². The molecule has 0 aromatic carbocycles. The second-order valence-electron chi connectivity index (χ2n) is 6.25. The Hall–Kier alpha value is -0.0500. The molecule has 0 radical (unpaired) electrons. The molecule has 104 valence electrons. The third-order valence-electron chi connectivity index (χ3n) is 4.81. The number of carbonyl (C=O) groups excluding carboxylic acids is 1. The molecule has 0 heterocycles. The molecule has 0 unspecified atom stereocenters. The maximum absolute atomic E-state index is 12.2. The van der Waals surface area contributed by atoms with E-state index in [0.717, 1.165) is 24.7 Å². The lowest BCUT2D eigenvalue weighted by Gasteiger charge is -2.36. The minimum absolute atomic E-state index is 0.301. The van der Waals surface area contributed by atoms with Gasteiger partial charge in [-0.05, 0) is 31.1 Å². The van der Waals surface area contributed by atoms with Gasteiger partial charge in [0.25, 0.3) is 0 Å². The highest BCUT2D eigenvalue weighted by Crippen LogP contribution is 2.37. The zero-order valence-corrected chi connectivity index (χ0v) is 12.9. The van der Waals surface area contributed by atoms with E-state index < -0.39 is 0 Å². The van der Waals surface area contributed by atoms with Gasteiger partial charge in [0, 0.05) is 17.8 Å². The average molecular weight is 316 g/mol. The van der Waals surface area contributed by atoms with E-state index in [4.69, 9.17) is 0 Å². The Bertz CT molecular complexity index is 268. The van der Waals surface area contributed by atoms with Crippen molar-refractivity contribution in [1.82, 2.24) is 5.32 Å². The molecule has 0 saturated heterocycles. The van der Waals surface area contributed by atoms with Crippen LogP contribution in [0.3, 0.4) is 0 Å². The molecule has 2 aliphatic rings. The number of hydrogen-bond donors (Lipinski definition) is 1. The van der Waals surface area contributed by atoms with Crippen molar-refractivity contribution in [3.05, 3.63) is 0 Å². The molecule has 0 aromatic heterocycles. The second-order valence-corrected chi connectivity index (χ2v) is 6.81. The Labute approximate surface area is 119 Å². The Morgan fingerprint density at radius 3 is 2.28 bits per heavy atom. The first-order valence-electron chi connectivity index (χ1n) is 7.59. The summed E-state index contributed by atoms with van der Waals surface area (Å²) in [4.78, 5) is 12.2. The van der Waals surface area contributed by atoms with E-state index in [1.807, 2.05) is 0 Å². The van der Waals surface area contributed by atoms with Crippen molar-refractivity contribution in [1.29, 1.82) is 0 Å². The fraction of sp³-hybridized carbons (Fsp3) is 0.933. The van der Waals surface area contributed by atoms with Crippen LogP contribution >= 0.6 is 15.9 Å². The Morgan fingerprint density at radius 2 is 1.67 bits per heavy atom. The van der Waals surface area contributed by atoms with Crippen LogP contribution in [0.4, 0.5) is 0 Å². The topological polar surface area (TPSA) is 29.1 Å². The largest absolute Gasteiger partial charge is 0.355 e. The van der Waals surface area contributed by atoms with E-state index in [0.29, 0.717) is 17.2 Å². The molecule has 2 fully saturated rings. The normalized spacial score (nSPS) is 24.7. The first-order chi connectivity index (χ1) is 8.76. The maximum Gasteiger partial charge on any atom is 0.223 e. The molecule has 2 nitrogen and oxygen atoms in total. The number of nitrogens with one attached hydrogen (secondary N) is 1. The van der Waals surface area contributed by atoms with Gasteiger partial charge in [0.05, 0.1) is 0 Å². The molecular weight excluding hydrogens is 290 g/mol. The average Bonchev–Trinajstić information content (AvgIpc) is 2.47. The summed E-state index contributed by atoms with van der Waals surface area (Å²) >= 11 is 3.66. The van der Waals surface area contributed by atoms with E-state index >= 15 is 0 Å². The molecule has 18 heavy (non-hydrogen) atoms. The smallest absolute Gasteiger partial charge is 0.223 e. The van der Waals surface area contributed by atoms with E-state index in [2.05, 4.69) is 21.2 Å². The molecule has 2 saturated carbocycles. The van der Waals surface area contributed by atoms with Crippen LogP contribution in [0, 0.1) is 11.3 Å². The highest BCUT2D eigenvalue weighted by molar-refractivity contribution is 9.09. The van der Waals surface area contributed by atoms with E-state index in [-0.39, 0.29) is 0 Å². The highest BCUT2D eigenvalue weighted by Gasteiger charge is 2.32. The predicted molar refractivity (Wildman–Crippen MR) is 78.9 cm³/mol. The first-order valence-corrected chi connectivity index (χ1v) is 8.72. The summed E-state index contributed by atoms with van der Waals surface area (Å²) in [7, 11) is 0. The van der Waals surface area contributed by atoms with Crippen LogP contribution in [0.15, 0.2) is 0 Å². The molecule has 0 atom stereocenters. The summed E-state index contributed by atoms with van der Waals surface area (Å²) < 4.78 is 0. The fourth-order valence-electron chi connectivity index (χ4n) is 3.44. The second kappa shape index (κ2) is 6.93. The summed E-state index contributed by atoms with van der Waals surface area (Å²) in [5, 5.41) is 4.28. The van der Waals surface area contributed by atoms with Crippen LogP contribution in [0.25, 0.3) is 0 Å². The lowest BCUT2D eigenvalue weighted by atomic mass is 9.75. The minimum Gasteiger partial charge on any atom is -0.355 e. The molecule has 0 aliphatic heterocycles. The third kappa shape index (κ3) is 3.72. The van der Waals surface area contributed by atoms with Gasteiger partial charge in [-0.25, -0.2) is 0 Å². The number of amides is 1.